The number of hydrogen-bond acceptors (Lipinski definition) is 3. The Kier molecular flexibility index (Phi) is 5.54. The second-order valence-electron chi connectivity index (χ2n) is 6.06. The molecule has 0 aliphatic heterocycles. The van der Waals surface area contributed by atoms with E-state index in [1.54, 1.807) is 11.0 Å². The summed E-state index contributed by atoms with van der Waals surface area (Å²) in [5, 5.41) is 6.83. The predicted octanol–water partition coefficient (Wildman–Crippen LogP) is 3.20. The van der Waals surface area contributed by atoms with Gasteiger partial charge in [-0.25, -0.2) is 9.67 Å². The number of nitrogens with one attached hydrogen (secondary N) is 1. The van der Waals surface area contributed by atoms with Gasteiger partial charge < -0.3 is 5.32 Å². The molecule has 3 rings (SSSR count). The van der Waals surface area contributed by atoms with Crippen LogP contribution in [0, 0.1) is 0 Å². The number of carbonyl (C=O) groups is 1. The summed E-state index contributed by atoms with van der Waals surface area (Å²) in [4.78, 5) is 15.9. The number of alkyl halides is 3. The normalized spacial score (nSPS) is 11.4. The van der Waals surface area contributed by atoms with Crippen molar-refractivity contribution in [3.8, 4) is 0 Å². The Bertz CT molecular complexity index is 890. The molecule has 1 amide bonds. The van der Waals surface area contributed by atoms with Crippen LogP contribution in [0.25, 0.3) is 0 Å². The van der Waals surface area contributed by atoms with E-state index in [9.17, 15) is 18.0 Å². The van der Waals surface area contributed by atoms with Crippen LogP contribution in [0.15, 0.2) is 61.2 Å². The highest BCUT2D eigenvalue weighted by atomic mass is 19.4. The molecule has 0 spiro atoms. The zero-order chi connectivity index (χ0) is 19.3. The fourth-order valence-corrected chi connectivity index (χ4v) is 2.60. The Morgan fingerprint density at radius 3 is 2.44 bits per heavy atom. The van der Waals surface area contributed by atoms with E-state index in [-0.39, 0.29) is 12.3 Å². The number of nitrogens with zero attached hydrogens (tertiary/aromatic N) is 3. The van der Waals surface area contributed by atoms with Crippen molar-refractivity contribution < 1.29 is 18.0 Å². The molecule has 5 nitrogen and oxygen atoms in total. The van der Waals surface area contributed by atoms with E-state index in [4.69, 9.17) is 0 Å². The van der Waals surface area contributed by atoms with Crippen molar-refractivity contribution in [2.45, 2.75) is 25.7 Å². The lowest BCUT2D eigenvalue weighted by atomic mass is 10.1. The molecule has 0 atom stereocenters. The number of carbonyl (C=O) groups excluding carboxylic acids is 1. The maximum Gasteiger partial charge on any atom is 0.416 e. The Labute approximate surface area is 153 Å². The molecule has 0 saturated carbocycles. The third kappa shape index (κ3) is 5.40. The molecule has 0 aliphatic carbocycles. The number of halogens is 3. The number of hydrogen-bond donors (Lipinski definition) is 1. The first-order valence-electron chi connectivity index (χ1n) is 8.23. The predicted molar refractivity (Wildman–Crippen MR) is 92.6 cm³/mol. The summed E-state index contributed by atoms with van der Waals surface area (Å²) in [5.41, 5.74) is 1.75. The molecule has 1 heterocycles. The average Bonchev–Trinajstić information content (AvgIpc) is 3.13. The number of rotatable bonds is 6. The van der Waals surface area contributed by atoms with Gasteiger partial charge in [-0.3, -0.25) is 4.79 Å². The van der Waals surface area contributed by atoms with Gasteiger partial charge in [-0.15, -0.1) is 0 Å². The standard InChI is InChI=1S/C19H17F3N4O/c20-19(21,22)17-6-4-14(5-7-17)9-18(27)24-10-15-2-1-3-16(8-15)11-26-13-23-12-25-26/h1-8,12-13H,9-11H2,(H,24,27). The molecular weight excluding hydrogens is 357 g/mol. The summed E-state index contributed by atoms with van der Waals surface area (Å²) >= 11 is 0. The summed E-state index contributed by atoms with van der Waals surface area (Å²) in [5.74, 6) is -0.253. The molecule has 140 valence electrons. The molecule has 0 aliphatic rings. The Morgan fingerprint density at radius 1 is 1.04 bits per heavy atom. The summed E-state index contributed by atoms with van der Waals surface area (Å²) in [7, 11) is 0. The van der Waals surface area contributed by atoms with E-state index >= 15 is 0 Å². The molecular formula is C19H17F3N4O. The van der Waals surface area contributed by atoms with Crippen molar-refractivity contribution in [2.75, 3.05) is 0 Å². The summed E-state index contributed by atoms with van der Waals surface area (Å²) in [6, 6.07) is 12.3. The largest absolute Gasteiger partial charge is 0.416 e. The average molecular weight is 374 g/mol. The van der Waals surface area contributed by atoms with Gasteiger partial charge in [0.15, 0.2) is 0 Å². The molecule has 0 saturated heterocycles. The van der Waals surface area contributed by atoms with E-state index in [2.05, 4.69) is 15.4 Å². The fourth-order valence-electron chi connectivity index (χ4n) is 2.60. The zero-order valence-corrected chi connectivity index (χ0v) is 14.3. The molecule has 1 aromatic heterocycles. The highest BCUT2D eigenvalue weighted by Crippen LogP contribution is 2.29. The van der Waals surface area contributed by atoms with Crippen molar-refractivity contribution in [1.29, 1.82) is 0 Å². The summed E-state index contributed by atoms with van der Waals surface area (Å²) in [6.45, 7) is 0.915. The van der Waals surface area contributed by atoms with Crippen LogP contribution in [0.2, 0.25) is 0 Å². The minimum Gasteiger partial charge on any atom is -0.352 e. The van der Waals surface area contributed by atoms with Crippen molar-refractivity contribution in [1.82, 2.24) is 20.1 Å². The molecule has 3 aromatic rings. The van der Waals surface area contributed by atoms with Gasteiger partial charge in [-0.05, 0) is 28.8 Å². The fraction of sp³-hybridized carbons (Fsp3) is 0.211. The number of benzene rings is 2. The van der Waals surface area contributed by atoms with Crippen molar-refractivity contribution >= 4 is 5.91 Å². The molecule has 27 heavy (non-hydrogen) atoms. The van der Waals surface area contributed by atoms with Crippen molar-refractivity contribution in [3.05, 3.63) is 83.4 Å². The Morgan fingerprint density at radius 2 is 1.78 bits per heavy atom. The lowest BCUT2D eigenvalue weighted by Crippen LogP contribution is -2.24. The third-order valence-corrected chi connectivity index (χ3v) is 3.94. The monoisotopic (exact) mass is 374 g/mol. The van der Waals surface area contributed by atoms with Crippen LogP contribution in [0.3, 0.4) is 0 Å². The third-order valence-electron chi connectivity index (χ3n) is 3.94. The summed E-state index contributed by atoms with van der Waals surface area (Å²) < 4.78 is 39.4. The van der Waals surface area contributed by atoms with Gasteiger partial charge in [-0.1, -0.05) is 36.4 Å². The molecule has 0 bridgehead atoms. The van der Waals surface area contributed by atoms with E-state index in [1.165, 1.54) is 18.5 Å². The Balaban J connectivity index is 1.53. The molecule has 1 N–H and O–H groups in total. The maximum absolute atomic E-state index is 12.6. The van der Waals surface area contributed by atoms with Crippen LogP contribution < -0.4 is 5.32 Å². The van der Waals surface area contributed by atoms with Crippen LogP contribution in [-0.4, -0.2) is 20.7 Å². The minimum absolute atomic E-state index is 0.0246. The van der Waals surface area contributed by atoms with Gasteiger partial charge in [0.1, 0.15) is 12.7 Å². The number of amides is 1. The van der Waals surface area contributed by atoms with Crippen LogP contribution in [-0.2, 0) is 30.5 Å². The van der Waals surface area contributed by atoms with E-state index < -0.39 is 11.7 Å². The first-order chi connectivity index (χ1) is 12.9. The SMILES string of the molecule is O=C(Cc1ccc(C(F)(F)F)cc1)NCc1cccc(Cn2cncn2)c1. The lowest BCUT2D eigenvalue weighted by Gasteiger charge is -2.09. The quantitative estimate of drug-likeness (QED) is 0.721. The first-order valence-corrected chi connectivity index (χ1v) is 8.23. The van der Waals surface area contributed by atoms with Gasteiger partial charge in [-0.2, -0.15) is 18.3 Å². The van der Waals surface area contributed by atoms with E-state index in [0.717, 1.165) is 23.3 Å². The lowest BCUT2D eigenvalue weighted by molar-refractivity contribution is -0.137. The van der Waals surface area contributed by atoms with Gasteiger partial charge in [0.05, 0.1) is 18.5 Å². The van der Waals surface area contributed by atoms with Crippen LogP contribution in [0.1, 0.15) is 22.3 Å². The van der Waals surface area contributed by atoms with Gasteiger partial charge >= 0.3 is 6.18 Å². The van der Waals surface area contributed by atoms with Crippen molar-refractivity contribution in [3.63, 3.8) is 0 Å². The van der Waals surface area contributed by atoms with E-state index in [0.29, 0.717) is 18.7 Å². The molecule has 0 radical (unpaired) electrons. The van der Waals surface area contributed by atoms with Gasteiger partial charge in [0.2, 0.25) is 5.91 Å². The Hall–Kier alpha value is -3.16. The second kappa shape index (κ2) is 8.03. The van der Waals surface area contributed by atoms with Gasteiger partial charge in [0.25, 0.3) is 0 Å². The van der Waals surface area contributed by atoms with E-state index in [1.807, 2.05) is 24.3 Å². The topological polar surface area (TPSA) is 59.8 Å². The van der Waals surface area contributed by atoms with Crippen molar-refractivity contribution in [2.24, 2.45) is 0 Å². The number of aromatic nitrogens is 3. The molecule has 0 unspecified atom stereocenters. The molecule has 0 fully saturated rings. The molecule has 8 heteroatoms. The highest BCUT2D eigenvalue weighted by molar-refractivity contribution is 5.78. The maximum atomic E-state index is 12.6. The van der Waals surface area contributed by atoms with Crippen LogP contribution >= 0.6 is 0 Å². The highest BCUT2D eigenvalue weighted by Gasteiger charge is 2.29. The van der Waals surface area contributed by atoms with Gasteiger partial charge in [0, 0.05) is 6.54 Å². The molecule has 2 aromatic carbocycles. The zero-order valence-electron chi connectivity index (χ0n) is 14.3. The van der Waals surface area contributed by atoms with Crippen LogP contribution in [0.4, 0.5) is 13.2 Å². The summed E-state index contributed by atoms with van der Waals surface area (Å²) in [6.07, 6.45) is -1.27. The smallest absolute Gasteiger partial charge is 0.352 e. The van der Waals surface area contributed by atoms with Crippen LogP contribution in [0.5, 0.6) is 0 Å². The first kappa shape index (κ1) is 18.6. The minimum atomic E-state index is -4.38. The second-order valence-corrected chi connectivity index (χ2v) is 6.06.